The molecule has 0 amide bonds. The highest BCUT2D eigenvalue weighted by molar-refractivity contribution is 6.30. The topological polar surface area (TPSA) is 0 Å². The van der Waals surface area contributed by atoms with Crippen LogP contribution in [0.2, 0.25) is 0 Å². The van der Waals surface area contributed by atoms with E-state index in [-0.39, 0.29) is 16.1 Å². The molecule has 0 spiro atoms. The molecule has 0 unspecified atom stereocenters. The zero-order valence-electron chi connectivity index (χ0n) is 6.65. The lowest BCUT2D eigenvalue weighted by atomic mass is 9.86. The van der Waals surface area contributed by atoms with Crippen LogP contribution in [0.4, 0.5) is 0 Å². The first-order chi connectivity index (χ1) is 5.65. The Bertz CT molecular complexity index is 139. The van der Waals surface area contributed by atoms with E-state index < -0.39 is 0 Å². The Kier molecular flexibility index (Phi) is 4.82. The van der Waals surface area contributed by atoms with Gasteiger partial charge < -0.3 is 0 Å². The molecular formula is C8H12Cl4. The SMILES string of the molecule is ClC[C@@H](Cl)[C@@H]1CC[C@@H](Cl)[C@H](Cl)C1. The predicted molar refractivity (Wildman–Crippen MR) is 57.0 cm³/mol. The smallest absolute Gasteiger partial charge is 0.0502 e. The van der Waals surface area contributed by atoms with Gasteiger partial charge in [0.2, 0.25) is 0 Å². The Balaban J connectivity index is 2.39. The first kappa shape index (κ1) is 11.2. The summed E-state index contributed by atoms with van der Waals surface area (Å²) in [4.78, 5) is 0. The Labute approximate surface area is 93.5 Å². The van der Waals surface area contributed by atoms with Crippen molar-refractivity contribution in [1.82, 2.24) is 0 Å². The second kappa shape index (κ2) is 5.14. The average molecular weight is 250 g/mol. The number of alkyl halides is 4. The molecule has 0 N–H and O–H groups in total. The molecule has 0 nitrogen and oxygen atoms in total. The number of rotatable bonds is 2. The minimum atomic E-state index is 0.0529. The first-order valence-corrected chi connectivity index (χ1v) is 5.97. The highest BCUT2D eigenvalue weighted by Gasteiger charge is 2.31. The highest BCUT2D eigenvalue weighted by Crippen LogP contribution is 2.35. The van der Waals surface area contributed by atoms with Crippen LogP contribution in [0.25, 0.3) is 0 Å². The largest absolute Gasteiger partial charge is 0.125 e. The van der Waals surface area contributed by atoms with Crippen LogP contribution >= 0.6 is 46.4 Å². The van der Waals surface area contributed by atoms with E-state index in [4.69, 9.17) is 46.4 Å². The van der Waals surface area contributed by atoms with Gasteiger partial charge in [0.1, 0.15) is 0 Å². The molecule has 0 aromatic heterocycles. The van der Waals surface area contributed by atoms with Crippen LogP contribution in [-0.2, 0) is 0 Å². The first-order valence-electron chi connectivity index (χ1n) is 4.13. The number of halogens is 4. The molecule has 4 heteroatoms. The van der Waals surface area contributed by atoms with E-state index >= 15 is 0 Å². The Morgan fingerprint density at radius 2 is 1.83 bits per heavy atom. The van der Waals surface area contributed by atoms with Crippen LogP contribution in [0.3, 0.4) is 0 Å². The van der Waals surface area contributed by atoms with Gasteiger partial charge in [0.15, 0.2) is 0 Å². The van der Waals surface area contributed by atoms with E-state index in [9.17, 15) is 0 Å². The van der Waals surface area contributed by atoms with Crippen LogP contribution in [-0.4, -0.2) is 22.0 Å². The van der Waals surface area contributed by atoms with Gasteiger partial charge in [0, 0.05) is 16.6 Å². The summed E-state index contributed by atoms with van der Waals surface area (Å²) in [5.41, 5.74) is 0. The van der Waals surface area contributed by atoms with Gasteiger partial charge in [-0.2, -0.15) is 0 Å². The van der Waals surface area contributed by atoms with Crippen molar-refractivity contribution in [3.63, 3.8) is 0 Å². The molecule has 4 atom stereocenters. The zero-order chi connectivity index (χ0) is 9.14. The van der Waals surface area contributed by atoms with Crippen molar-refractivity contribution in [2.75, 3.05) is 5.88 Å². The van der Waals surface area contributed by atoms with Crippen LogP contribution in [0.5, 0.6) is 0 Å². The third-order valence-electron chi connectivity index (χ3n) is 2.39. The molecule has 0 aromatic rings. The molecule has 1 aliphatic carbocycles. The summed E-state index contributed by atoms with van der Waals surface area (Å²) in [7, 11) is 0. The van der Waals surface area contributed by atoms with Crippen LogP contribution in [0.1, 0.15) is 19.3 Å². The highest BCUT2D eigenvalue weighted by atomic mass is 35.5. The Morgan fingerprint density at radius 1 is 1.17 bits per heavy atom. The van der Waals surface area contributed by atoms with Gasteiger partial charge in [0.25, 0.3) is 0 Å². The molecule has 1 rings (SSSR count). The molecule has 0 bridgehead atoms. The lowest BCUT2D eigenvalue weighted by Crippen LogP contribution is -2.31. The molecule has 0 heterocycles. The lowest BCUT2D eigenvalue weighted by molar-refractivity contribution is 0.364. The molecule has 72 valence electrons. The van der Waals surface area contributed by atoms with E-state index in [0.717, 1.165) is 19.3 Å². The second-order valence-electron chi connectivity index (χ2n) is 3.28. The lowest BCUT2D eigenvalue weighted by Gasteiger charge is -2.31. The van der Waals surface area contributed by atoms with Crippen molar-refractivity contribution in [3.8, 4) is 0 Å². The maximum absolute atomic E-state index is 6.03. The summed E-state index contributed by atoms with van der Waals surface area (Å²) in [6.07, 6.45) is 2.91. The van der Waals surface area contributed by atoms with Crippen molar-refractivity contribution < 1.29 is 0 Å². The summed E-state index contributed by atoms with van der Waals surface area (Å²) in [5.74, 6) is 0.949. The molecule has 0 radical (unpaired) electrons. The summed E-state index contributed by atoms with van der Waals surface area (Å²) in [5, 5.41) is 0.231. The van der Waals surface area contributed by atoms with E-state index in [1.54, 1.807) is 0 Å². The summed E-state index contributed by atoms with van der Waals surface area (Å²) in [6, 6.07) is 0. The predicted octanol–water partition coefficient (Wildman–Crippen LogP) is 3.85. The van der Waals surface area contributed by atoms with E-state index in [0.29, 0.717) is 11.8 Å². The molecule has 0 saturated heterocycles. The van der Waals surface area contributed by atoms with Gasteiger partial charge in [0.05, 0.1) is 5.38 Å². The molecule has 1 aliphatic rings. The van der Waals surface area contributed by atoms with Gasteiger partial charge >= 0.3 is 0 Å². The fourth-order valence-electron chi connectivity index (χ4n) is 1.56. The summed E-state index contributed by atoms with van der Waals surface area (Å²) < 4.78 is 0. The molecule has 0 aliphatic heterocycles. The van der Waals surface area contributed by atoms with E-state index in [1.807, 2.05) is 0 Å². The summed E-state index contributed by atoms with van der Waals surface area (Å²) in [6.45, 7) is 0. The van der Waals surface area contributed by atoms with Crippen LogP contribution in [0.15, 0.2) is 0 Å². The van der Waals surface area contributed by atoms with Crippen LogP contribution < -0.4 is 0 Å². The van der Waals surface area contributed by atoms with Crippen molar-refractivity contribution in [2.45, 2.75) is 35.4 Å². The van der Waals surface area contributed by atoms with E-state index in [1.165, 1.54) is 0 Å². The fraction of sp³-hybridized carbons (Fsp3) is 1.00. The average Bonchev–Trinajstić information content (AvgIpc) is 2.08. The molecule has 1 fully saturated rings. The Hall–Kier alpha value is 1.16. The third-order valence-corrected chi connectivity index (χ3v) is 4.53. The normalized spacial score (nSPS) is 39.5. The van der Waals surface area contributed by atoms with Gasteiger partial charge in [-0.3, -0.25) is 0 Å². The van der Waals surface area contributed by atoms with E-state index in [2.05, 4.69) is 0 Å². The standard InChI is InChI=1S/C8H12Cl4/c9-4-8(12)5-1-2-6(10)7(11)3-5/h5-8H,1-4H2/t5-,6-,7-,8-/m1/s1. The van der Waals surface area contributed by atoms with Crippen molar-refractivity contribution >= 4 is 46.4 Å². The molecular weight excluding hydrogens is 238 g/mol. The Morgan fingerprint density at radius 3 is 2.33 bits per heavy atom. The molecule has 0 aromatic carbocycles. The molecule has 1 saturated carbocycles. The fourth-order valence-corrected chi connectivity index (χ4v) is 2.63. The van der Waals surface area contributed by atoms with Crippen LogP contribution in [0, 0.1) is 5.92 Å². The number of hydrogen-bond donors (Lipinski definition) is 0. The summed E-state index contributed by atoms with van der Waals surface area (Å²) >= 11 is 23.7. The van der Waals surface area contributed by atoms with Crippen molar-refractivity contribution in [1.29, 1.82) is 0 Å². The van der Waals surface area contributed by atoms with Crippen molar-refractivity contribution in [3.05, 3.63) is 0 Å². The van der Waals surface area contributed by atoms with Gasteiger partial charge in [-0.05, 0) is 25.2 Å². The minimum absolute atomic E-state index is 0.0529. The van der Waals surface area contributed by atoms with Crippen molar-refractivity contribution in [2.24, 2.45) is 5.92 Å². The van der Waals surface area contributed by atoms with Gasteiger partial charge in [-0.1, -0.05) is 0 Å². The monoisotopic (exact) mass is 248 g/mol. The maximum Gasteiger partial charge on any atom is 0.0502 e. The number of hydrogen-bond acceptors (Lipinski definition) is 0. The maximum atomic E-state index is 6.03. The molecule has 12 heavy (non-hydrogen) atoms. The second-order valence-corrected chi connectivity index (χ2v) is 5.27. The van der Waals surface area contributed by atoms with Gasteiger partial charge in [-0.15, -0.1) is 46.4 Å². The van der Waals surface area contributed by atoms with Gasteiger partial charge in [-0.25, -0.2) is 0 Å². The minimum Gasteiger partial charge on any atom is -0.125 e. The third kappa shape index (κ3) is 2.83. The zero-order valence-corrected chi connectivity index (χ0v) is 9.67. The quantitative estimate of drug-likeness (QED) is 0.653.